The van der Waals surface area contributed by atoms with Crippen molar-refractivity contribution < 1.29 is 9.90 Å². The smallest absolute Gasteiger partial charge is 0.220 e. The fourth-order valence-electron chi connectivity index (χ4n) is 1.08. The largest absolute Gasteiger partial charge is 0.394 e. The Bertz CT molecular complexity index is 162. The summed E-state index contributed by atoms with van der Waals surface area (Å²) in [7, 11) is 0. The van der Waals surface area contributed by atoms with E-state index in [1.807, 2.05) is 13.8 Å². The van der Waals surface area contributed by atoms with E-state index < -0.39 is 0 Å². The molecule has 1 atom stereocenters. The van der Waals surface area contributed by atoms with Gasteiger partial charge < -0.3 is 10.4 Å². The molecule has 0 aromatic carbocycles. The fourth-order valence-corrected chi connectivity index (χ4v) is 1.48. The predicted molar refractivity (Wildman–Crippen MR) is 61.5 cm³/mol. The van der Waals surface area contributed by atoms with E-state index in [4.69, 9.17) is 5.11 Å². The number of carbonyl (C=O) groups is 1. The molecule has 0 bridgehead atoms. The lowest BCUT2D eigenvalue weighted by Gasteiger charge is -2.19. The zero-order chi connectivity index (χ0) is 11.0. The van der Waals surface area contributed by atoms with Crippen LogP contribution in [0.1, 0.15) is 33.1 Å². The highest BCUT2D eigenvalue weighted by molar-refractivity contribution is 9.09. The third-order valence-corrected chi connectivity index (χ3v) is 2.70. The van der Waals surface area contributed by atoms with Crippen molar-refractivity contribution in [2.45, 2.75) is 39.2 Å². The number of aliphatic hydroxyl groups is 1. The molecule has 84 valence electrons. The lowest BCUT2D eigenvalue weighted by Crippen LogP contribution is -2.41. The molecular formula is C10H20BrNO2. The van der Waals surface area contributed by atoms with Crippen molar-refractivity contribution >= 4 is 21.8 Å². The summed E-state index contributed by atoms with van der Waals surface area (Å²) in [5.41, 5.74) is 0. The molecule has 1 amide bonds. The van der Waals surface area contributed by atoms with Gasteiger partial charge in [-0.1, -0.05) is 29.8 Å². The Labute approximate surface area is 94.4 Å². The molecule has 0 aliphatic rings. The number of hydrogen-bond acceptors (Lipinski definition) is 2. The summed E-state index contributed by atoms with van der Waals surface area (Å²) < 4.78 is 0. The summed E-state index contributed by atoms with van der Waals surface area (Å²) in [4.78, 5) is 11.4. The molecule has 0 saturated heterocycles. The molecule has 0 unspecified atom stereocenters. The number of carbonyl (C=O) groups excluding carboxylic acids is 1. The van der Waals surface area contributed by atoms with E-state index in [0.29, 0.717) is 6.42 Å². The molecule has 0 aliphatic carbocycles. The van der Waals surface area contributed by atoms with Crippen molar-refractivity contribution in [1.29, 1.82) is 0 Å². The molecule has 14 heavy (non-hydrogen) atoms. The SMILES string of the molecule is CC(C)[C@@H](CO)NC(=O)CCCCBr. The number of unbranched alkanes of at least 4 members (excludes halogenated alkanes) is 1. The van der Waals surface area contributed by atoms with Gasteiger partial charge in [-0.2, -0.15) is 0 Å². The van der Waals surface area contributed by atoms with Crippen molar-refractivity contribution in [2.75, 3.05) is 11.9 Å². The van der Waals surface area contributed by atoms with Crippen LogP contribution < -0.4 is 5.32 Å². The Balaban J connectivity index is 3.68. The summed E-state index contributed by atoms with van der Waals surface area (Å²) in [5.74, 6) is 0.318. The van der Waals surface area contributed by atoms with E-state index in [1.54, 1.807) is 0 Å². The van der Waals surface area contributed by atoms with Crippen LogP contribution in [0, 0.1) is 5.92 Å². The Kier molecular flexibility index (Phi) is 8.18. The van der Waals surface area contributed by atoms with Gasteiger partial charge >= 0.3 is 0 Å². The lowest BCUT2D eigenvalue weighted by atomic mass is 10.1. The van der Waals surface area contributed by atoms with Crippen molar-refractivity contribution in [2.24, 2.45) is 5.92 Å². The summed E-state index contributed by atoms with van der Waals surface area (Å²) in [6.45, 7) is 3.99. The molecule has 0 rings (SSSR count). The molecule has 0 saturated carbocycles. The van der Waals surface area contributed by atoms with Crippen LogP contribution in [0.15, 0.2) is 0 Å². The highest BCUT2D eigenvalue weighted by Crippen LogP contribution is 2.03. The first kappa shape index (κ1) is 13.9. The molecule has 0 aliphatic heterocycles. The predicted octanol–water partition coefficient (Wildman–Crippen LogP) is 1.68. The summed E-state index contributed by atoms with van der Waals surface area (Å²) in [6, 6.07) is -0.105. The Morgan fingerprint density at radius 3 is 2.50 bits per heavy atom. The monoisotopic (exact) mass is 265 g/mol. The molecule has 0 heterocycles. The Morgan fingerprint density at radius 1 is 1.43 bits per heavy atom. The van der Waals surface area contributed by atoms with E-state index in [-0.39, 0.29) is 24.5 Å². The van der Waals surface area contributed by atoms with Crippen molar-refractivity contribution in [3.05, 3.63) is 0 Å². The minimum Gasteiger partial charge on any atom is -0.394 e. The molecule has 3 nitrogen and oxygen atoms in total. The van der Waals surface area contributed by atoms with Crippen LogP contribution in [0.25, 0.3) is 0 Å². The molecule has 2 N–H and O–H groups in total. The number of aliphatic hydroxyl groups excluding tert-OH is 1. The second-order valence-corrected chi connectivity index (χ2v) is 4.54. The van der Waals surface area contributed by atoms with Gasteiger partial charge in [0.15, 0.2) is 0 Å². The second-order valence-electron chi connectivity index (χ2n) is 3.75. The van der Waals surface area contributed by atoms with Gasteiger partial charge in [-0.05, 0) is 18.8 Å². The van der Waals surface area contributed by atoms with Gasteiger partial charge in [-0.25, -0.2) is 0 Å². The highest BCUT2D eigenvalue weighted by Gasteiger charge is 2.14. The van der Waals surface area contributed by atoms with Crippen LogP contribution in [-0.2, 0) is 4.79 Å². The lowest BCUT2D eigenvalue weighted by molar-refractivity contribution is -0.122. The molecule has 0 fully saturated rings. The van der Waals surface area contributed by atoms with E-state index in [0.717, 1.165) is 18.2 Å². The van der Waals surface area contributed by atoms with Crippen LogP contribution in [0.2, 0.25) is 0 Å². The standard InChI is InChI=1S/C10H20BrNO2/c1-8(2)9(7-13)12-10(14)5-3-4-6-11/h8-9,13H,3-7H2,1-2H3,(H,12,14)/t9-/m1/s1. The molecule has 0 aromatic heterocycles. The van der Waals surface area contributed by atoms with Crippen molar-refractivity contribution in [3.8, 4) is 0 Å². The van der Waals surface area contributed by atoms with Crippen LogP contribution >= 0.6 is 15.9 Å². The second kappa shape index (κ2) is 8.24. The fraction of sp³-hybridized carbons (Fsp3) is 0.900. The molecule has 4 heteroatoms. The number of hydrogen-bond donors (Lipinski definition) is 2. The summed E-state index contributed by atoms with van der Waals surface area (Å²) in [6.07, 6.45) is 2.46. The third-order valence-electron chi connectivity index (χ3n) is 2.14. The molecular weight excluding hydrogens is 246 g/mol. The van der Waals surface area contributed by atoms with Gasteiger partial charge in [-0.15, -0.1) is 0 Å². The first-order valence-electron chi connectivity index (χ1n) is 5.08. The highest BCUT2D eigenvalue weighted by atomic mass is 79.9. The first-order chi connectivity index (χ1) is 6.61. The number of nitrogens with one attached hydrogen (secondary N) is 1. The maximum absolute atomic E-state index is 11.4. The van der Waals surface area contributed by atoms with E-state index >= 15 is 0 Å². The van der Waals surface area contributed by atoms with Crippen LogP contribution in [0.4, 0.5) is 0 Å². The van der Waals surface area contributed by atoms with E-state index in [9.17, 15) is 4.79 Å². The average molecular weight is 266 g/mol. The van der Waals surface area contributed by atoms with Crippen LogP contribution in [0.3, 0.4) is 0 Å². The number of halogens is 1. The molecule has 0 spiro atoms. The van der Waals surface area contributed by atoms with E-state index in [2.05, 4.69) is 21.2 Å². The van der Waals surface area contributed by atoms with E-state index in [1.165, 1.54) is 0 Å². The maximum atomic E-state index is 11.4. The van der Waals surface area contributed by atoms with Gasteiger partial charge in [0.05, 0.1) is 12.6 Å². The van der Waals surface area contributed by atoms with Gasteiger partial charge in [0, 0.05) is 11.8 Å². The van der Waals surface area contributed by atoms with Gasteiger partial charge in [0.2, 0.25) is 5.91 Å². The molecule has 0 aromatic rings. The number of rotatable bonds is 7. The van der Waals surface area contributed by atoms with Crippen LogP contribution in [-0.4, -0.2) is 29.0 Å². The minimum atomic E-state index is -0.105. The van der Waals surface area contributed by atoms with Gasteiger partial charge in [0.1, 0.15) is 0 Å². The average Bonchev–Trinajstić information content (AvgIpc) is 2.14. The zero-order valence-electron chi connectivity index (χ0n) is 8.92. The van der Waals surface area contributed by atoms with Gasteiger partial charge in [-0.3, -0.25) is 4.79 Å². The molecule has 0 radical (unpaired) electrons. The van der Waals surface area contributed by atoms with Crippen LogP contribution in [0.5, 0.6) is 0 Å². The third kappa shape index (κ3) is 6.38. The quantitative estimate of drug-likeness (QED) is 0.544. The Morgan fingerprint density at radius 2 is 2.07 bits per heavy atom. The van der Waals surface area contributed by atoms with Crippen molar-refractivity contribution in [3.63, 3.8) is 0 Å². The first-order valence-corrected chi connectivity index (χ1v) is 6.20. The van der Waals surface area contributed by atoms with Crippen molar-refractivity contribution in [1.82, 2.24) is 5.32 Å². The summed E-state index contributed by atoms with van der Waals surface area (Å²) in [5, 5.41) is 12.8. The minimum absolute atomic E-state index is 0.0157. The van der Waals surface area contributed by atoms with Gasteiger partial charge in [0.25, 0.3) is 0 Å². The topological polar surface area (TPSA) is 49.3 Å². The number of amides is 1. The Hall–Kier alpha value is -0.0900. The number of alkyl halides is 1. The zero-order valence-corrected chi connectivity index (χ0v) is 10.5. The summed E-state index contributed by atoms with van der Waals surface area (Å²) >= 11 is 3.32. The normalized spacial score (nSPS) is 12.9. The maximum Gasteiger partial charge on any atom is 0.220 e.